The SMILES string of the molecule is CN(CCCCCO)CCN1CCCC1. The lowest BCUT2D eigenvalue weighted by Gasteiger charge is -2.21. The van der Waals surface area contributed by atoms with Gasteiger partial charge in [-0.25, -0.2) is 0 Å². The summed E-state index contributed by atoms with van der Waals surface area (Å²) < 4.78 is 0. The number of unbranched alkanes of at least 4 members (excludes halogenated alkanes) is 2. The standard InChI is InChI=1S/C12H26N2O/c1-13(7-3-2-6-12-15)10-11-14-8-4-5-9-14/h15H,2-12H2,1H3. The molecule has 15 heavy (non-hydrogen) atoms. The third-order valence-corrected chi connectivity index (χ3v) is 3.19. The lowest BCUT2D eigenvalue weighted by Crippen LogP contribution is -2.31. The van der Waals surface area contributed by atoms with E-state index < -0.39 is 0 Å². The van der Waals surface area contributed by atoms with E-state index in [2.05, 4.69) is 16.8 Å². The molecule has 0 bridgehead atoms. The van der Waals surface area contributed by atoms with E-state index >= 15 is 0 Å². The van der Waals surface area contributed by atoms with Gasteiger partial charge in [0.2, 0.25) is 0 Å². The number of aliphatic hydroxyl groups is 1. The Morgan fingerprint density at radius 3 is 2.47 bits per heavy atom. The molecule has 0 aromatic heterocycles. The van der Waals surface area contributed by atoms with Gasteiger partial charge in [0.25, 0.3) is 0 Å². The van der Waals surface area contributed by atoms with Gasteiger partial charge in [-0.15, -0.1) is 0 Å². The third-order valence-electron chi connectivity index (χ3n) is 3.19. The first-order chi connectivity index (χ1) is 7.33. The number of nitrogens with zero attached hydrogens (tertiary/aromatic N) is 2. The maximum atomic E-state index is 8.66. The monoisotopic (exact) mass is 214 g/mol. The third kappa shape index (κ3) is 6.13. The molecular weight excluding hydrogens is 188 g/mol. The van der Waals surface area contributed by atoms with Crippen LogP contribution in [0, 0.1) is 0 Å². The zero-order valence-electron chi connectivity index (χ0n) is 10.1. The number of rotatable bonds is 8. The van der Waals surface area contributed by atoms with Crippen LogP contribution in [0.4, 0.5) is 0 Å². The lowest BCUT2D eigenvalue weighted by atomic mass is 10.2. The van der Waals surface area contributed by atoms with Gasteiger partial charge in [-0.2, -0.15) is 0 Å². The second-order valence-electron chi connectivity index (χ2n) is 4.64. The van der Waals surface area contributed by atoms with Gasteiger partial charge >= 0.3 is 0 Å². The van der Waals surface area contributed by atoms with Crippen LogP contribution < -0.4 is 0 Å². The Hall–Kier alpha value is -0.120. The molecule has 0 aromatic carbocycles. The minimum absolute atomic E-state index is 0.345. The van der Waals surface area contributed by atoms with E-state index in [1.54, 1.807) is 0 Å². The molecule has 1 saturated heterocycles. The fourth-order valence-corrected chi connectivity index (χ4v) is 2.10. The predicted molar refractivity (Wildman–Crippen MR) is 64.1 cm³/mol. The molecule has 3 nitrogen and oxygen atoms in total. The number of likely N-dealkylation sites (tertiary alicyclic amines) is 1. The molecule has 0 aromatic rings. The highest BCUT2D eigenvalue weighted by Gasteiger charge is 2.11. The van der Waals surface area contributed by atoms with Crippen LogP contribution in [0.2, 0.25) is 0 Å². The normalized spacial score (nSPS) is 17.8. The minimum Gasteiger partial charge on any atom is -0.396 e. The molecule has 3 heteroatoms. The van der Waals surface area contributed by atoms with Crippen molar-refractivity contribution in [2.45, 2.75) is 32.1 Å². The van der Waals surface area contributed by atoms with Gasteiger partial charge in [0.1, 0.15) is 0 Å². The molecule has 0 aliphatic carbocycles. The number of hydrogen-bond donors (Lipinski definition) is 1. The van der Waals surface area contributed by atoms with Crippen molar-refractivity contribution in [1.29, 1.82) is 0 Å². The lowest BCUT2D eigenvalue weighted by molar-refractivity contribution is 0.246. The summed E-state index contributed by atoms with van der Waals surface area (Å²) in [6.45, 7) is 6.55. The number of likely N-dealkylation sites (N-methyl/N-ethyl adjacent to an activating group) is 1. The van der Waals surface area contributed by atoms with Crippen LogP contribution in [-0.4, -0.2) is 61.3 Å². The summed E-state index contributed by atoms with van der Waals surface area (Å²) in [6.07, 6.45) is 6.11. The van der Waals surface area contributed by atoms with Crippen molar-refractivity contribution < 1.29 is 5.11 Å². The first-order valence-corrected chi connectivity index (χ1v) is 6.34. The molecule has 1 rings (SSSR count). The van der Waals surface area contributed by atoms with Gasteiger partial charge in [-0.3, -0.25) is 0 Å². The molecular formula is C12H26N2O. The summed E-state index contributed by atoms with van der Waals surface area (Å²) in [5, 5.41) is 8.66. The molecule has 1 N–H and O–H groups in total. The Kier molecular flexibility index (Phi) is 6.98. The molecule has 0 atom stereocenters. The van der Waals surface area contributed by atoms with Gasteiger partial charge in [0.05, 0.1) is 0 Å². The Balaban J connectivity index is 1.90. The zero-order valence-corrected chi connectivity index (χ0v) is 10.1. The molecule has 1 heterocycles. The van der Waals surface area contributed by atoms with Gasteiger partial charge < -0.3 is 14.9 Å². The van der Waals surface area contributed by atoms with Crippen molar-refractivity contribution in [1.82, 2.24) is 9.80 Å². The predicted octanol–water partition coefficient (Wildman–Crippen LogP) is 1.18. The molecule has 1 fully saturated rings. The van der Waals surface area contributed by atoms with Crippen molar-refractivity contribution in [3.05, 3.63) is 0 Å². The van der Waals surface area contributed by atoms with Crippen LogP contribution in [0.15, 0.2) is 0 Å². The minimum atomic E-state index is 0.345. The van der Waals surface area contributed by atoms with E-state index in [4.69, 9.17) is 5.11 Å². The maximum absolute atomic E-state index is 8.66. The topological polar surface area (TPSA) is 26.7 Å². The van der Waals surface area contributed by atoms with E-state index in [0.717, 1.165) is 12.8 Å². The summed E-state index contributed by atoms with van der Waals surface area (Å²) in [7, 11) is 2.20. The average molecular weight is 214 g/mol. The van der Waals surface area contributed by atoms with Crippen molar-refractivity contribution in [2.24, 2.45) is 0 Å². The van der Waals surface area contributed by atoms with E-state index in [-0.39, 0.29) is 0 Å². The van der Waals surface area contributed by atoms with Crippen molar-refractivity contribution in [3.8, 4) is 0 Å². The summed E-state index contributed by atoms with van der Waals surface area (Å²) >= 11 is 0. The quantitative estimate of drug-likeness (QED) is 0.615. The second-order valence-corrected chi connectivity index (χ2v) is 4.64. The fourth-order valence-electron chi connectivity index (χ4n) is 2.10. The smallest absolute Gasteiger partial charge is 0.0431 e. The van der Waals surface area contributed by atoms with E-state index in [9.17, 15) is 0 Å². The van der Waals surface area contributed by atoms with Gasteiger partial charge in [-0.05, 0) is 58.8 Å². The van der Waals surface area contributed by atoms with Crippen molar-refractivity contribution in [2.75, 3.05) is 46.4 Å². The first kappa shape index (κ1) is 12.9. The van der Waals surface area contributed by atoms with Gasteiger partial charge in [0.15, 0.2) is 0 Å². The largest absolute Gasteiger partial charge is 0.396 e. The molecule has 90 valence electrons. The Labute approximate surface area is 94.1 Å². The van der Waals surface area contributed by atoms with E-state index in [1.807, 2.05) is 0 Å². The van der Waals surface area contributed by atoms with Gasteiger partial charge in [-0.1, -0.05) is 0 Å². The van der Waals surface area contributed by atoms with Crippen LogP contribution in [0.3, 0.4) is 0 Å². The highest BCUT2D eigenvalue weighted by molar-refractivity contribution is 4.67. The molecule has 0 unspecified atom stereocenters. The Morgan fingerprint density at radius 2 is 1.80 bits per heavy atom. The van der Waals surface area contributed by atoms with E-state index in [1.165, 1.54) is 52.0 Å². The van der Waals surface area contributed by atoms with Crippen LogP contribution in [-0.2, 0) is 0 Å². The number of aliphatic hydroxyl groups excluding tert-OH is 1. The molecule has 1 aliphatic rings. The van der Waals surface area contributed by atoms with Crippen LogP contribution in [0.1, 0.15) is 32.1 Å². The van der Waals surface area contributed by atoms with Crippen molar-refractivity contribution >= 4 is 0 Å². The molecule has 0 saturated carbocycles. The second kappa shape index (κ2) is 8.08. The number of hydrogen-bond acceptors (Lipinski definition) is 3. The Morgan fingerprint density at radius 1 is 1.07 bits per heavy atom. The fraction of sp³-hybridized carbons (Fsp3) is 1.00. The zero-order chi connectivity index (χ0) is 10.9. The van der Waals surface area contributed by atoms with Crippen molar-refractivity contribution in [3.63, 3.8) is 0 Å². The summed E-state index contributed by atoms with van der Waals surface area (Å²) in [5.74, 6) is 0. The van der Waals surface area contributed by atoms with E-state index in [0.29, 0.717) is 6.61 Å². The first-order valence-electron chi connectivity index (χ1n) is 6.34. The summed E-state index contributed by atoms with van der Waals surface area (Å²) in [6, 6.07) is 0. The van der Waals surface area contributed by atoms with Crippen LogP contribution in [0.25, 0.3) is 0 Å². The highest BCUT2D eigenvalue weighted by Crippen LogP contribution is 2.06. The Bertz CT molecular complexity index is 147. The van der Waals surface area contributed by atoms with Gasteiger partial charge in [0, 0.05) is 19.7 Å². The van der Waals surface area contributed by atoms with Crippen LogP contribution >= 0.6 is 0 Å². The molecule has 0 spiro atoms. The molecule has 0 amide bonds. The molecule has 1 aliphatic heterocycles. The summed E-state index contributed by atoms with van der Waals surface area (Å²) in [5.41, 5.74) is 0. The average Bonchev–Trinajstić information content (AvgIpc) is 2.74. The van der Waals surface area contributed by atoms with Crippen LogP contribution in [0.5, 0.6) is 0 Å². The highest BCUT2D eigenvalue weighted by atomic mass is 16.2. The molecule has 0 radical (unpaired) electrons. The summed E-state index contributed by atoms with van der Waals surface area (Å²) in [4.78, 5) is 4.97. The maximum Gasteiger partial charge on any atom is 0.0431 e.